The summed E-state index contributed by atoms with van der Waals surface area (Å²) >= 11 is 6.21. The van der Waals surface area contributed by atoms with Gasteiger partial charge < -0.3 is 15.0 Å². The fourth-order valence-corrected chi connectivity index (χ4v) is 2.96. The minimum atomic E-state index is -0.0152. The van der Waals surface area contributed by atoms with E-state index in [2.05, 4.69) is 17.2 Å². The van der Waals surface area contributed by atoms with Crippen molar-refractivity contribution < 1.29 is 9.53 Å². The highest BCUT2D eigenvalue weighted by Gasteiger charge is 2.19. The molecule has 1 N–H and O–H groups in total. The zero-order valence-corrected chi connectivity index (χ0v) is 17.0. The van der Waals surface area contributed by atoms with Crippen LogP contribution in [0.15, 0.2) is 42.7 Å². The van der Waals surface area contributed by atoms with Gasteiger partial charge in [-0.25, -0.2) is 0 Å². The first-order chi connectivity index (χ1) is 13.0. The standard InChI is InChI=1S/C21H28ClN3O2/c1-4-11-25(16(2)3)21(26)17-13-18(22)15-20(14-17)27-12-5-8-24-19-6-9-23-10-7-19/h6-7,9-10,13-16H,4-5,8,11-12H2,1-3H3,(H,23,24). The molecule has 0 bridgehead atoms. The molecule has 146 valence electrons. The molecule has 6 heteroatoms. The van der Waals surface area contributed by atoms with E-state index < -0.39 is 0 Å². The number of nitrogens with one attached hydrogen (secondary N) is 1. The molecule has 1 heterocycles. The van der Waals surface area contributed by atoms with Gasteiger partial charge in [-0.1, -0.05) is 18.5 Å². The summed E-state index contributed by atoms with van der Waals surface area (Å²) in [5, 5.41) is 3.81. The number of anilines is 1. The van der Waals surface area contributed by atoms with Crippen molar-refractivity contribution in [1.82, 2.24) is 9.88 Å². The molecule has 0 fully saturated rings. The predicted octanol–water partition coefficient (Wildman–Crippen LogP) is 4.88. The molecule has 0 spiro atoms. The first-order valence-corrected chi connectivity index (χ1v) is 9.77. The van der Waals surface area contributed by atoms with Crippen molar-refractivity contribution in [1.29, 1.82) is 0 Å². The fraction of sp³-hybridized carbons (Fsp3) is 0.429. The Balaban J connectivity index is 1.91. The lowest BCUT2D eigenvalue weighted by Gasteiger charge is -2.26. The van der Waals surface area contributed by atoms with Gasteiger partial charge in [0.15, 0.2) is 0 Å². The number of ether oxygens (including phenoxy) is 1. The van der Waals surface area contributed by atoms with Gasteiger partial charge in [0, 0.05) is 47.8 Å². The number of hydrogen-bond acceptors (Lipinski definition) is 4. The second-order valence-corrected chi connectivity index (χ2v) is 7.07. The van der Waals surface area contributed by atoms with Crippen molar-refractivity contribution in [3.8, 4) is 5.75 Å². The molecule has 0 unspecified atom stereocenters. The van der Waals surface area contributed by atoms with Crippen LogP contribution in [0, 0.1) is 0 Å². The van der Waals surface area contributed by atoms with Crippen molar-refractivity contribution in [2.24, 2.45) is 0 Å². The van der Waals surface area contributed by atoms with Gasteiger partial charge >= 0.3 is 0 Å². The Morgan fingerprint density at radius 1 is 1.26 bits per heavy atom. The fourth-order valence-electron chi connectivity index (χ4n) is 2.74. The van der Waals surface area contributed by atoms with Gasteiger partial charge in [-0.15, -0.1) is 0 Å². The third-order valence-electron chi connectivity index (χ3n) is 4.07. The summed E-state index contributed by atoms with van der Waals surface area (Å²) in [4.78, 5) is 18.7. The number of amides is 1. The SMILES string of the molecule is CCCN(C(=O)c1cc(Cl)cc(OCCCNc2ccncc2)c1)C(C)C. The molecule has 1 amide bonds. The average Bonchev–Trinajstić information content (AvgIpc) is 2.65. The molecule has 1 aromatic carbocycles. The van der Waals surface area contributed by atoms with Crippen molar-refractivity contribution in [2.75, 3.05) is 25.0 Å². The molecule has 5 nitrogen and oxygen atoms in total. The van der Waals surface area contributed by atoms with E-state index in [-0.39, 0.29) is 11.9 Å². The van der Waals surface area contributed by atoms with Gasteiger partial charge in [-0.05, 0) is 57.0 Å². The lowest BCUT2D eigenvalue weighted by atomic mass is 10.1. The number of aromatic nitrogens is 1. The number of carbonyl (C=O) groups is 1. The normalized spacial score (nSPS) is 10.7. The van der Waals surface area contributed by atoms with Gasteiger partial charge in [-0.3, -0.25) is 9.78 Å². The molecule has 0 aliphatic carbocycles. The molecular weight excluding hydrogens is 362 g/mol. The largest absolute Gasteiger partial charge is 0.493 e. The Labute approximate surface area is 166 Å². The van der Waals surface area contributed by atoms with Gasteiger partial charge in [0.05, 0.1) is 6.61 Å². The van der Waals surface area contributed by atoms with E-state index in [0.717, 1.165) is 31.6 Å². The van der Waals surface area contributed by atoms with Crippen LogP contribution in [-0.2, 0) is 0 Å². The van der Waals surface area contributed by atoms with E-state index in [0.29, 0.717) is 22.9 Å². The first kappa shape index (κ1) is 21.0. The maximum absolute atomic E-state index is 12.8. The third kappa shape index (κ3) is 6.75. The van der Waals surface area contributed by atoms with Crippen LogP contribution >= 0.6 is 11.6 Å². The summed E-state index contributed by atoms with van der Waals surface area (Å²) in [5.41, 5.74) is 1.60. The zero-order valence-electron chi connectivity index (χ0n) is 16.2. The van der Waals surface area contributed by atoms with E-state index in [1.54, 1.807) is 30.6 Å². The highest BCUT2D eigenvalue weighted by atomic mass is 35.5. The molecule has 0 aliphatic rings. The Kier molecular flexibility index (Phi) is 8.40. The van der Waals surface area contributed by atoms with Crippen LogP contribution < -0.4 is 10.1 Å². The monoisotopic (exact) mass is 389 g/mol. The van der Waals surface area contributed by atoms with Crippen LogP contribution in [0.3, 0.4) is 0 Å². The van der Waals surface area contributed by atoms with E-state index in [1.807, 2.05) is 30.9 Å². The Bertz CT molecular complexity index is 723. The lowest BCUT2D eigenvalue weighted by molar-refractivity contribution is 0.0705. The smallest absolute Gasteiger partial charge is 0.254 e. The summed E-state index contributed by atoms with van der Waals surface area (Å²) in [6.45, 7) is 8.15. The molecule has 1 aromatic heterocycles. The summed E-state index contributed by atoms with van der Waals surface area (Å²) in [6, 6.07) is 9.20. The van der Waals surface area contributed by atoms with Gasteiger partial charge in [0.2, 0.25) is 0 Å². The third-order valence-corrected chi connectivity index (χ3v) is 4.28. The maximum Gasteiger partial charge on any atom is 0.254 e. The van der Waals surface area contributed by atoms with Crippen LogP contribution in [0.1, 0.15) is 44.0 Å². The van der Waals surface area contributed by atoms with Crippen molar-refractivity contribution in [2.45, 2.75) is 39.7 Å². The Morgan fingerprint density at radius 3 is 2.67 bits per heavy atom. The molecule has 2 rings (SSSR count). The van der Waals surface area contributed by atoms with Crippen LogP contribution in [0.2, 0.25) is 5.02 Å². The zero-order chi connectivity index (χ0) is 19.6. The molecule has 27 heavy (non-hydrogen) atoms. The second kappa shape index (κ2) is 10.8. The maximum atomic E-state index is 12.8. The number of halogens is 1. The number of hydrogen-bond donors (Lipinski definition) is 1. The number of benzene rings is 1. The highest BCUT2D eigenvalue weighted by Crippen LogP contribution is 2.23. The lowest BCUT2D eigenvalue weighted by Crippen LogP contribution is -2.37. The van der Waals surface area contributed by atoms with E-state index in [9.17, 15) is 4.79 Å². The Morgan fingerprint density at radius 2 is 2.00 bits per heavy atom. The average molecular weight is 390 g/mol. The first-order valence-electron chi connectivity index (χ1n) is 9.39. The summed E-state index contributed by atoms with van der Waals surface area (Å²) in [5.74, 6) is 0.605. The minimum absolute atomic E-state index is 0.0152. The molecule has 0 saturated heterocycles. The number of pyridine rings is 1. The minimum Gasteiger partial charge on any atom is -0.493 e. The van der Waals surface area contributed by atoms with Crippen LogP contribution in [0.5, 0.6) is 5.75 Å². The van der Waals surface area contributed by atoms with Crippen LogP contribution in [0.4, 0.5) is 5.69 Å². The van der Waals surface area contributed by atoms with Gasteiger partial charge in [0.25, 0.3) is 5.91 Å². The summed E-state index contributed by atoms with van der Waals surface area (Å²) < 4.78 is 5.81. The number of carbonyl (C=O) groups excluding carboxylic acids is 1. The number of nitrogens with zero attached hydrogens (tertiary/aromatic N) is 2. The van der Waals surface area contributed by atoms with E-state index in [4.69, 9.17) is 16.3 Å². The van der Waals surface area contributed by atoms with E-state index in [1.165, 1.54) is 0 Å². The summed E-state index contributed by atoms with van der Waals surface area (Å²) in [6.07, 6.45) is 5.25. The second-order valence-electron chi connectivity index (χ2n) is 6.63. The summed E-state index contributed by atoms with van der Waals surface area (Å²) in [7, 11) is 0. The topological polar surface area (TPSA) is 54.5 Å². The molecule has 0 atom stereocenters. The van der Waals surface area contributed by atoms with Gasteiger partial charge in [-0.2, -0.15) is 0 Å². The van der Waals surface area contributed by atoms with Crippen LogP contribution in [0.25, 0.3) is 0 Å². The molecule has 0 saturated carbocycles. The molecule has 2 aromatic rings. The quantitative estimate of drug-likeness (QED) is 0.588. The van der Waals surface area contributed by atoms with Crippen molar-refractivity contribution in [3.05, 3.63) is 53.3 Å². The number of rotatable bonds is 10. The molecule has 0 radical (unpaired) electrons. The predicted molar refractivity (Wildman–Crippen MR) is 111 cm³/mol. The molecular formula is C21H28ClN3O2. The van der Waals surface area contributed by atoms with Crippen molar-refractivity contribution >= 4 is 23.2 Å². The van der Waals surface area contributed by atoms with Crippen molar-refractivity contribution in [3.63, 3.8) is 0 Å². The van der Waals surface area contributed by atoms with Crippen LogP contribution in [-0.4, -0.2) is 41.5 Å². The Hall–Kier alpha value is -2.27. The molecule has 0 aliphatic heterocycles. The van der Waals surface area contributed by atoms with Gasteiger partial charge in [0.1, 0.15) is 5.75 Å². The van der Waals surface area contributed by atoms with E-state index >= 15 is 0 Å². The highest BCUT2D eigenvalue weighted by molar-refractivity contribution is 6.31.